The molecule has 1 aliphatic heterocycles. The standard InChI is InChI=1S/C43H49N5O8/c1-28(46(5)6)44-39-34(35-15-12-24-47(35)41(51)56-42(2,3)4)26-48(40(50)45-39)38-25-36(49)37(55-38)27-54-43(29-13-10-9-11-14-29,30-16-20-32(52-7)21-17-30)31-18-22-33(53-8)23-19-31/h9-24,26,36-38,49H,25,27H2,1-8H3/t36-,37-,38-/m1/s1. The van der Waals surface area contributed by atoms with Gasteiger partial charge in [0.05, 0.1) is 38.2 Å². The summed E-state index contributed by atoms with van der Waals surface area (Å²) in [6.07, 6.45) is -0.136. The van der Waals surface area contributed by atoms with E-state index in [2.05, 4.69) is 9.98 Å². The Morgan fingerprint density at radius 2 is 1.50 bits per heavy atom. The largest absolute Gasteiger partial charge is 0.497 e. The van der Waals surface area contributed by atoms with Crippen molar-refractivity contribution >= 4 is 17.7 Å². The summed E-state index contributed by atoms with van der Waals surface area (Å²) in [6.45, 7) is 7.09. The maximum absolute atomic E-state index is 13.8. The van der Waals surface area contributed by atoms with Crippen molar-refractivity contribution in [2.24, 2.45) is 4.99 Å². The molecule has 3 heterocycles. The zero-order valence-electron chi connectivity index (χ0n) is 33.0. The van der Waals surface area contributed by atoms with Gasteiger partial charge >= 0.3 is 11.8 Å². The van der Waals surface area contributed by atoms with Gasteiger partial charge in [-0.25, -0.2) is 14.6 Å². The van der Waals surface area contributed by atoms with Gasteiger partial charge in [-0.15, -0.1) is 0 Å². The Morgan fingerprint density at radius 3 is 2.05 bits per heavy atom. The third-order valence-corrected chi connectivity index (χ3v) is 9.61. The van der Waals surface area contributed by atoms with Crippen molar-refractivity contribution < 1.29 is 33.6 Å². The monoisotopic (exact) mass is 763 g/mol. The second-order valence-electron chi connectivity index (χ2n) is 14.7. The SMILES string of the molecule is COc1ccc(C(OC[C@H]2O[C@@H](n3cc(-c4cccn4C(=O)OC(C)(C)C)c(N=C(C)N(C)C)nc3=O)C[C@H]2O)(c2ccccc2)c2ccc(OC)cc2)cc1. The molecule has 0 bridgehead atoms. The molecule has 1 fully saturated rings. The molecule has 3 aromatic carbocycles. The van der Waals surface area contributed by atoms with E-state index < -0.39 is 41.4 Å². The second kappa shape index (κ2) is 16.5. The highest BCUT2D eigenvalue weighted by atomic mass is 16.6. The first-order valence-electron chi connectivity index (χ1n) is 18.3. The van der Waals surface area contributed by atoms with Crippen molar-refractivity contribution in [3.8, 4) is 22.8 Å². The fraction of sp³-hybridized carbons (Fsp3) is 0.349. The molecule has 1 N–H and O–H groups in total. The Hall–Kier alpha value is -5.76. The Bertz CT molecular complexity index is 2160. The van der Waals surface area contributed by atoms with Crippen molar-refractivity contribution in [3.05, 3.63) is 131 Å². The van der Waals surface area contributed by atoms with E-state index >= 15 is 0 Å². The van der Waals surface area contributed by atoms with E-state index in [0.29, 0.717) is 28.6 Å². The molecule has 6 rings (SSSR count). The lowest BCUT2D eigenvalue weighted by atomic mass is 9.80. The molecule has 1 saturated heterocycles. The summed E-state index contributed by atoms with van der Waals surface area (Å²) in [4.78, 5) is 37.9. The van der Waals surface area contributed by atoms with Crippen molar-refractivity contribution in [2.45, 2.75) is 63.8 Å². The van der Waals surface area contributed by atoms with Gasteiger partial charge in [0.2, 0.25) is 0 Å². The lowest BCUT2D eigenvalue weighted by molar-refractivity contribution is -0.0943. The predicted molar refractivity (Wildman–Crippen MR) is 213 cm³/mol. The minimum Gasteiger partial charge on any atom is -0.497 e. The number of aromatic nitrogens is 3. The highest BCUT2D eigenvalue weighted by molar-refractivity contribution is 5.86. The third kappa shape index (κ3) is 8.40. The van der Waals surface area contributed by atoms with E-state index in [1.807, 2.05) is 93.0 Å². The van der Waals surface area contributed by atoms with Crippen molar-refractivity contribution in [3.63, 3.8) is 0 Å². The molecule has 5 aromatic rings. The average Bonchev–Trinajstić information content (AvgIpc) is 3.82. The van der Waals surface area contributed by atoms with Gasteiger partial charge in [-0.2, -0.15) is 4.98 Å². The first kappa shape index (κ1) is 39.9. The predicted octanol–water partition coefficient (Wildman–Crippen LogP) is 6.78. The molecular weight excluding hydrogens is 714 g/mol. The smallest absolute Gasteiger partial charge is 0.418 e. The number of ether oxygens (including phenoxy) is 5. The third-order valence-electron chi connectivity index (χ3n) is 9.61. The summed E-state index contributed by atoms with van der Waals surface area (Å²) >= 11 is 0. The first-order chi connectivity index (χ1) is 26.7. The minimum absolute atomic E-state index is 0.0500. The van der Waals surface area contributed by atoms with Gasteiger partial charge in [-0.3, -0.25) is 9.13 Å². The lowest BCUT2D eigenvalue weighted by Gasteiger charge is -2.37. The molecule has 294 valence electrons. The number of rotatable bonds is 11. The van der Waals surface area contributed by atoms with Crippen LogP contribution >= 0.6 is 0 Å². The van der Waals surface area contributed by atoms with Gasteiger partial charge in [-0.05, 0) is 80.8 Å². The summed E-state index contributed by atoms with van der Waals surface area (Å²) in [5.41, 5.74) is 0.759. The van der Waals surface area contributed by atoms with Crippen LogP contribution in [0.15, 0.2) is 113 Å². The molecule has 0 aliphatic carbocycles. The Labute approximate surface area is 326 Å². The normalized spacial score (nSPS) is 17.4. The number of benzene rings is 3. The van der Waals surface area contributed by atoms with Gasteiger partial charge in [0.1, 0.15) is 40.9 Å². The maximum Gasteiger partial charge on any atom is 0.418 e. The van der Waals surface area contributed by atoms with E-state index in [-0.39, 0.29) is 18.8 Å². The summed E-state index contributed by atoms with van der Waals surface area (Å²) in [6, 6.07) is 28.5. The molecule has 0 unspecified atom stereocenters. The van der Waals surface area contributed by atoms with Crippen molar-refractivity contribution in [1.82, 2.24) is 19.0 Å². The highest BCUT2D eigenvalue weighted by Crippen LogP contribution is 2.43. The Balaban J connectivity index is 1.38. The van der Waals surface area contributed by atoms with Gasteiger partial charge in [-0.1, -0.05) is 54.6 Å². The van der Waals surface area contributed by atoms with Crippen LogP contribution in [0.3, 0.4) is 0 Å². The van der Waals surface area contributed by atoms with E-state index in [4.69, 9.17) is 23.7 Å². The molecule has 0 saturated carbocycles. The number of carbonyl (C=O) groups excluding carboxylic acids is 1. The molecule has 0 spiro atoms. The van der Waals surface area contributed by atoms with E-state index in [1.165, 1.54) is 9.13 Å². The van der Waals surface area contributed by atoms with Gasteiger partial charge in [0, 0.05) is 32.9 Å². The topological polar surface area (TPSA) is 139 Å². The fourth-order valence-corrected chi connectivity index (χ4v) is 6.57. The van der Waals surface area contributed by atoms with Crippen LogP contribution in [0.1, 0.15) is 57.0 Å². The van der Waals surface area contributed by atoms with E-state index in [9.17, 15) is 14.7 Å². The number of aliphatic hydroxyl groups excluding tert-OH is 1. The molecule has 0 amide bonds. The van der Waals surface area contributed by atoms with Crippen LogP contribution in [0.5, 0.6) is 11.5 Å². The fourth-order valence-electron chi connectivity index (χ4n) is 6.57. The average molecular weight is 764 g/mol. The van der Waals surface area contributed by atoms with Gasteiger partial charge in [0.25, 0.3) is 0 Å². The molecule has 1 aliphatic rings. The number of aliphatic hydroxyl groups is 1. The second-order valence-corrected chi connectivity index (χ2v) is 14.7. The van der Waals surface area contributed by atoms with E-state index in [1.54, 1.807) is 71.3 Å². The molecule has 13 nitrogen and oxygen atoms in total. The van der Waals surface area contributed by atoms with Crippen LogP contribution in [-0.4, -0.2) is 88.8 Å². The highest BCUT2D eigenvalue weighted by Gasteiger charge is 2.42. The number of carbonyl (C=O) groups is 1. The van der Waals surface area contributed by atoms with Gasteiger partial charge < -0.3 is 33.7 Å². The molecule has 2 aromatic heterocycles. The molecule has 0 radical (unpaired) electrons. The van der Waals surface area contributed by atoms with Gasteiger partial charge in [0.15, 0.2) is 5.82 Å². The Kier molecular flexibility index (Phi) is 11.8. The van der Waals surface area contributed by atoms with Crippen LogP contribution in [0.2, 0.25) is 0 Å². The molecule has 13 heteroatoms. The zero-order valence-corrected chi connectivity index (χ0v) is 33.0. The molecule has 56 heavy (non-hydrogen) atoms. The number of amidine groups is 1. The number of methoxy groups -OCH3 is 2. The summed E-state index contributed by atoms with van der Waals surface area (Å²) < 4.78 is 32.7. The number of hydrogen-bond acceptors (Lipinski definition) is 10. The molecular formula is C43H49N5O8. The minimum atomic E-state index is -1.15. The Morgan fingerprint density at radius 1 is 0.911 bits per heavy atom. The van der Waals surface area contributed by atoms with Crippen LogP contribution in [0, 0.1) is 0 Å². The zero-order chi connectivity index (χ0) is 40.2. The quantitative estimate of drug-likeness (QED) is 0.0871. The van der Waals surface area contributed by atoms with Crippen molar-refractivity contribution in [2.75, 3.05) is 34.9 Å². The summed E-state index contributed by atoms with van der Waals surface area (Å²) in [7, 11) is 6.88. The van der Waals surface area contributed by atoms with Crippen LogP contribution in [-0.2, 0) is 19.8 Å². The molecule has 3 atom stereocenters. The van der Waals surface area contributed by atoms with Crippen LogP contribution in [0.25, 0.3) is 11.3 Å². The van der Waals surface area contributed by atoms with Crippen LogP contribution < -0.4 is 15.2 Å². The number of aliphatic imine (C=N–C) groups is 1. The summed E-state index contributed by atoms with van der Waals surface area (Å²) in [5.74, 6) is 2.08. The van der Waals surface area contributed by atoms with Crippen molar-refractivity contribution in [1.29, 1.82) is 0 Å². The van der Waals surface area contributed by atoms with Crippen LogP contribution in [0.4, 0.5) is 10.6 Å². The summed E-state index contributed by atoms with van der Waals surface area (Å²) in [5, 5.41) is 11.5. The maximum atomic E-state index is 13.8. The first-order valence-corrected chi connectivity index (χ1v) is 18.3. The van der Waals surface area contributed by atoms with E-state index in [0.717, 1.165) is 16.7 Å². The number of nitrogens with zero attached hydrogens (tertiary/aromatic N) is 5. The number of hydrogen-bond donors (Lipinski definition) is 1. The lowest BCUT2D eigenvalue weighted by Crippen LogP contribution is -2.38.